The molecule has 0 amide bonds. The van der Waals surface area contributed by atoms with Gasteiger partial charge < -0.3 is 10.5 Å². The highest BCUT2D eigenvalue weighted by atomic mass is 16.5. The van der Waals surface area contributed by atoms with Crippen LogP contribution < -0.4 is 10.5 Å². The molecule has 0 fully saturated rings. The maximum atomic E-state index is 5.77. The van der Waals surface area contributed by atoms with Gasteiger partial charge in [-0.2, -0.15) is 0 Å². The van der Waals surface area contributed by atoms with Gasteiger partial charge in [-0.3, -0.25) is 0 Å². The van der Waals surface area contributed by atoms with E-state index in [0.29, 0.717) is 13.2 Å². The molecule has 0 saturated carbocycles. The van der Waals surface area contributed by atoms with Crippen molar-refractivity contribution in [2.45, 2.75) is 46.2 Å². The van der Waals surface area contributed by atoms with Crippen molar-refractivity contribution in [1.29, 1.82) is 0 Å². The lowest BCUT2D eigenvalue weighted by Crippen LogP contribution is -2.09. The van der Waals surface area contributed by atoms with Gasteiger partial charge in [0, 0.05) is 19.5 Å². The molecule has 2 N–H and O–H groups in total. The summed E-state index contributed by atoms with van der Waals surface area (Å²) in [5.41, 5.74) is 9.00. The molecule has 0 aliphatic rings. The highest BCUT2D eigenvalue weighted by molar-refractivity contribution is 5.30. The Morgan fingerprint density at radius 2 is 1.95 bits per heavy atom. The molecule has 0 saturated heterocycles. The van der Waals surface area contributed by atoms with Gasteiger partial charge in [0.25, 0.3) is 0 Å². The summed E-state index contributed by atoms with van der Waals surface area (Å²) < 4.78 is 7.46. The molecule has 0 aliphatic heterocycles. The number of nitrogens with zero attached hydrogens (tertiary/aromatic N) is 3. The number of hydrogen-bond acceptors (Lipinski definition) is 4. The van der Waals surface area contributed by atoms with Crippen molar-refractivity contribution in [2.75, 3.05) is 6.61 Å². The Kier molecular flexibility index (Phi) is 5.75. The number of rotatable bonds is 8. The second kappa shape index (κ2) is 7.78. The van der Waals surface area contributed by atoms with E-state index in [-0.39, 0.29) is 0 Å². The number of aromatic nitrogens is 3. The average Bonchev–Trinajstić information content (AvgIpc) is 2.89. The Labute approximate surface area is 126 Å². The van der Waals surface area contributed by atoms with Crippen LogP contribution in [0.4, 0.5) is 0 Å². The standard InChI is InChI=1S/C16H24N4O/c1-3-5-10-20-16(15(12-17)18-19-20)11-13-6-8-14(9-7-13)21-4-2/h6-9H,3-5,10-12,17H2,1-2H3. The van der Waals surface area contributed by atoms with Crippen LogP contribution in [-0.2, 0) is 19.5 Å². The zero-order valence-corrected chi connectivity index (χ0v) is 12.9. The smallest absolute Gasteiger partial charge is 0.119 e. The fourth-order valence-electron chi connectivity index (χ4n) is 2.27. The van der Waals surface area contributed by atoms with Crippen molar-refractivity contribution in [2.24, 2.45) is 5.73 Å². The van der Waals surface area contributed by atoms with Gasteiger partial charge in [-0.25, -0.2) is 4.68 Å². The van der Waals surface area contributed by atoms with E-state index >= 15 is 0 Å². The molecule has 0 aliphatic carbocycles. The Morgan fingerprint density at radius 1 is 1.19 bits per heavy atom. The Hall–Kier alpha value is -1.88. The fraction of sp³-hybridized carbons (Fsp3) is 0.500. The summed E-state index contributed by atoms with van der Waals surface area (Å²) in [6.45, 7) is 6.17. The molecule has 114 valence electrons. The predicted octanol–water partition coefficient (Wildman–Crippen LogP) is 2.53. The second-order valence-electron chi connectivity index (χ2n) is 5.02. The van der Waals surface area contributed by atoms with Crippen molar-refractivity contribution >= 4 is 0 Å². The Balaban J connectivity index is 2.15. The van der Waals surface area contributed by atoms with E-state index in [1.807, 2.05) is 23.7 Å². The van der Waals surface area contributed by atoms with Crippen molar-refractivity contribution in [3.05, 3.63) is 41.2 Å². The first-order chi connectivity index (χ1) is 10.3. The summed E-state index contributed by atoms with van der Waals surface area (Å²) in [4.78, 5) is 0. The summed E-state index contributed by atoms with van der Waals surface area (Å²) in [7, 11) is 0. The van der Waals surface area contributed by atoms with Crippen molar-refractivity contribution in [3.63, 3.8) is 0 Å². The molecular formula is C16H24N4O. The molecule has 0 bridgehead atoms. The highest BCUT2D eigenvalue weighted by Crippen LogP contribution is 2.17. The van der Waals surface area contributed by atoms with E-state index < -0.39 is 0 Å². The number of benzene rings is 1. The molecule has 2 aromatic rings. The van der Waals surface area contributed by atoms with Gasteiger partial charge in [-0.1, -0.05) is 30.7 Å². The van der Waals surface area contributed by atoms with Gasteiger partial charge in [-0.05, 0) is 31.0 Å². The summed E-state index contributed by atoms with van der Waals surface area (Å²) >= 11 is 0. The van der Waals surface area contributed by atoms with Crippen molar-refractivity contribution in [1.82, 2.24) is 15.0 Å². The van der Waals surface area contributed by atoms with E-state index in [2.05, 4.69) is 29.4 Å². The molecule has 5 nitrogen and oxygen atoms in total. The lowest BCUT2D eigenvalue weighted by atomic mass is 10.1. The van der Waals surface area contributed by atoms with Crippen LogP contribution in [0.5, 0.6) is 5.75 Å². The minimum Gasteiger partial charge on any atom is -0.494 e. The molecule has 1 aromatic heterocycles. The number of ether oxygens (including phenoxy) is 1. The summed E-state index contributed by atoms with van der Waals surface area (Å²) in [5, 5.41) is 8.42. The Bertz CT molecular complexity index is 548. The maximum Gasteiger partial charge on any atom is 0.119 e. The first-order valence-electron chi connectivity index (χ1n) is 7.61. The molecule has 0 spiro atoms. The van der Waals surface area contributed by atoms with Crippen LogP contribution in [0.15, 0.2) is 24.3 Å². The summed E-state index contributed by atoms with van der Waals surface area (Å²) in [5.74, 6) is 0.901. The number of unbranched alkanes of at least 4 members (excludes halogenated alkanes) is 1. The number of hydrogen-bond donors (Lipinski definition) is 1. The molecule has 1 heterocycles. The van der Waals surface area contributed by atoms with Crippen LogP contribution in [0.1, 0.15) is 43.6 Å². The zero-order valence-electron chi connectivity index (χ0n) is 12.9. The minimum atomic E-state index is 0.429. The molecule has 0 radical (unpaired) electrons. The third kappa shape index (κ3) is 4.04. The van der Waals surface area contributed by atoms with Crippen LogP contribution in [0, 0.1) is 0 Å². The van der Waals surface area contributed by atoms with E-state index in [1.165, 1.54) is 5.56 Å². The van der Waals surface area contributed by atoms with Gasteiger partial charge in [0.05, 0.1) is 18.0 Å². The molecule has 0 unspecified atom stereocenters. The van der Waals surface area contributed by atoms with Crippen LogP contribution in [0.25, 0.3) is 0 Å². The molecule has 21 heavy (non-hydrogen) atoms. The molecule has 2 rings (SSSR count). The number of nitrogens with two attached hydrogens (primary N) is 1. The molecule has 5 heteroatoms. The van der Waals surface area contributed by atoms with Gasteiger partial charge in [0.1, 0.15) is 5.75 Å². The van der Waals surface area contributed by atoms with Gasteiger partial charge in [0.2, 0.25) is 0 Å². The average molecular weight is 288 g/mol. The van der Waals surface area contributed by atoms with E-state index in [9.17, 15) is 0 Å². The highest BCUT2D eigenvalue weighted by Gasteiger charge is 2.12. The zero-order chi connectivity index (χ0) is 15.1. The largest absolute Gasteiger partial charge is 0.494 e. The number of aryl methyl sites for hydroxylation is 1. The van der Waals surface area contributed by atoms with E-state index in [0.717, 1.165) is 42.9 Å². The first kappa shape index (κ1) is 15.5. The second-order valence-corrected chi connectivity index (χ2v) is 5.02. The van der Waals surface area contributed by atoms with E-state index in [1.54, 1.807) is 0 Å². The van der Waals surface area contributed by atoms with Gasteiger partial charge >= 0.3 is 0 Å². The molecule has 0 atom stereocenters. The SMILES string of the molecule is CCCCn1nnc(CN)c1Cc1ccc(OCC)cc1. The monoisotopic (exact) mass is 288 g/mol. The summed E-state index contributed by atoms with van der Waals surface area (Å²) in [6, 6.07) is 8.17. The topological polar surface area (TPSA) is 66.0 Å². The quantitative estimate of drug-likeness (QED) is 0.810. The maximum absolute atomic E-state index is 5.77. The van der Waals surface area contributed by atoms with Crippen molar-refractivity contribution < 1.29 is 4.74 Å². The van der Waals surface area contributed by atoms with Gasteiger partial charge in [0.15, 0.2) is 0 Å². The third-order valence-electron chi connectivity index (χ3n) is 3.44. The molecule has 1 aromatic carbocycles. The normalized spacial score (nSPS) is 10.8. The van der Waals surface area contributed by atoms with Crippen LogP contribution in [-0.4, -0.2) is 21.6 Å². The summed E-state index contributed by atoms with van der Waals surface area (Å²) in [6.07, 6.45) is 3.04. The lowest BCUT2D eigenvalue weighted by Gasteiger charge is -2.08. The lowest BCUT2D eigenvalue weighted by molar-refractivity contribution is 0.340. The molecular weight excluding hydrogens is 264 g/mol. The van der Waals surface area contributed by atoms with E-state index in [4.69, 9.17) is 10.5 Å². The fourth-order valence-corrected chi connectivity index (χ4v) is 2.27. The predicted molar refractivity (Wildman–Crippen MR) is 83.2 cm³/mol. The van der Waals surface area contributed by atoms with Gasteiger partial charge in [-0.15, -0.1) is 5.10 Å². The third-order valence-corrected chi connectivity index (χ3v) is 3.44. The minimum absolute atomic E-state index is 0.429. The van der Waals surface area contributed by atoms with Crippen molar-refractivity contribution in [3.8, 4) is 5.75 Å². The Morgan fingerprint density at radius 3 is 2.57 bits per heavy atom. The van der Waals surface area contributed by atoms with Crippen LogP contribution >= 0.6 is 0 Å². The van der Waals surface area contributed by atoms with Crippen LogP contribution in [0.2, 0.25) is 0 Å². The first-order valence-corrected chi connectivity index (χ1v) is 7.61. The van der Waals surface area contributed by atoms with Crippen LogP contribution in [0.3, 0.4) is 0 Å².